The first-order chi connectivity index (χ1) is 14.2. The first-order valence-electron chi connectivity index (χ1n) is 9.70. The van der Waals surface area contributed by atoms with Crippen molar-refractivity contribution in [1.82, 2.24) is 10.6 Å². The second-order valence-electron chi connectivity index (χ2n) is 7.73. The molecule has 0 saturated carbocycles. The summed E-state index contributed by atoms with van der Waals surface area (Å²) in [5.41, 5.74) is 0.178. The minimum Gasteiger partial charge on any atom is -0.460 e. The van der Waals surface area contributed by atoms with Gasteiger partial charge in [0.2, 0.25) is 5.91 Å². The van der Waals surface area contributed by atoms with E-state index in [4.69, 9.17) is 9.47 Å². The van der Waals surface area contributed by atoms with Crippen molar-refractivity contribution in [2.75, 3.05) is 13.2 Å². The lowest BCUT2D eigenvalue weighted by molar-refractivity contribution is -0.142. The van der Waals surface area contributed by atoms with Crippen LogP contribution in [-0.2, 0) is 25.5 Å². The Kier molecular flexibility index (Phi) is 7.98. The van der Waals surface area contributed by atoms with E-state index in [9.17, 15) is 14.4 Å². The number of nitrogens with one attached hydrogen (secondary N) is 2. The quantitative estimate of drug-likeness (QED) is 0.513. The van der Waals surface area contributed by atoms with E-state index >= 15 is 0 Å². The molecule has 0 saturated heterocycles. The summed E-state index contributed by atoms with van der Waals surface area (Å²) in [5.74, 6) is -1.10. The van der Waals surface area contributed by atoms with Crippen LogP contribution in [0.25, 0.3) is 10.8 Å². The molecule has 0 aliphatic heterocycles. The lowest BCUT2D eigenvalue weighted by Gasteiger charge is -2.23. The van der Waals surface area contributed by atoms with Crippen molar-refractivity contribution in [3.05, 3.63) is 60.7 Å². The van der Waals surface area contributed by atoms with Gasteiger partial charge in [0.15, 0.2) is 0 Å². The van der Waals surface area contributed by atoms with E-state index in [1.807, 2.05) is 42.5 Å². The number of amides is 2. The maximum Gasteiger partial charge on any atom is 0.408 e. The summed E-state index contributed by atoms with van der Waals surface area (Å²) in [6, 6.07) is 12.6. The van der Waals surface area contributed by atoms with Crippen molar-refractivity contribution in [3.63, 3.8) is 0 Å². The molecule has 0 fully saturated rings. The highest BCUT2D eigenvalue weighted by Crippen LogP contribution is 2.20. The summed E-state index contributed by atoms with van der Waals surface area (Å²) in [4.78, 5) is 36.7. The van der Waals surface area contributed by atoms with Gasteiger partial charge in [0.05, 0.1) is 0 Å². The first kappa shape index (κ1) is 22.9. The Hall–Kier alpha value is -3.35. The number of fused-ring (bicyclic) bond motifs is 1. The van der Waals surface area contributed by atoms with E-state index in [2.05, 4.69) is 17.2 Å². The Morgan fingerprint density at radius 1 is 1.10 bits per heavy atom. The predicted octanol–water partition coefficient (Wildman–Crippen LogP) is 3.12. The van der Waals surface area contributed by atoms with Gasteiger partial charge in [0.1, 0.15) is 24.8 Å². The maximum absolute atomic E-state index is 12.8. The number of hydrogen-bond acceptors (Lipinski definition) is 5. The van der Waals surface area contributed by atoms with E-state index in [-0.39, 0.29) is 19.6 Å². The summed E-state index contributed by atoms with van der Waals surface area (Å²) in [7, 11) is 0. The van der Waals surface area contributed by atoms with Crippen molar-refractivity contribution in [2.45, 2.75) is 38.8 Å². The number of alkyl carbamates (subject to hydrolysis) is 1. The van der Waals surface area contributed by atoms with Crippen LogP contribution in [0.2, 0.25) is 0 Å². The molecule has 0 bridgehead atoms. The zero-order chi connectivity index (χ0) is 22.1. The summed E-state index contributed by atoms with van der Waals surface area (Å²) < 4.78 is 10.1. The third kappa shape index (κ3) is 7.24. The summed E-state index contributed by atoms with van der Waals surface area (Å²) in [6.45, 7) is 8.43. The molecule has 2 aromatic rings. The molecule has 0 radical (unpaired) electrons. The molecule has 30 heavy (non-hydrogen) atoms. The molecule has 2 amide bonds. The van der Waals surface area contributed by atoms with Crippen LogP contribution >= 0.6 is 0 Å². The van der Waals surface area contributed by atoms with E-state index in [1.54, 1.807) is 20.8 Å². The van der Waals surface area contributed by atoms with Crippen LogP contribution < -0.4 is 10.6 Å². The molecule has 0 aliphatic carbocycles. The molecule has 2 aromatic carbocycles. The van der Waals surface area contributed by atoms with Crippen LogP contribution in [0.15, 0.2) is 55.1 Å². The molecule has 7 nitrogen and oxygen atoms in total. The number of ether oxygens (including phenoxy) is 2. The molecule has 2 rings (SSSR count). The Morgan fingerprint density at radius 2 is 1.80 bits per heavy atom. The number of hydrogen-bond donors (Lipinski definition) is 2. The van der Waals surface area contributed by atoms with Crippen LogP contribution in [0.4, 0.5) is 4.79 Å². The summed E-state index contributed by atoms with van der Waals surface area (Å²) in [5, 5.41) is 7.13. The Bertz CT molecular complexity index is 912. The van der Waals surface area contributed by atoms with Crippen molar-refractivity contribution in [3.8, 4) is 0 Å². The van der Waals surface area contributed by atoms with Crippen LogP contribution in [0.1, 0.15) is 26.3 Å². The second-order valence-corrected chi connectivity index (χ2v) is 7.73. The normalized spacial score (nSPS) is 12.0. The smallest absolute Gasteiger partial charge is 0.408 e. The zero-order valence-electron chi connectivity index (χ0n) is 17.6. The number of benzene rings is 2. The van der Waals surface area contributed by atoms with Crippen molar-refractivity contribution in [2.24, 2.45) is 0 Å². The molecule has 7 heteroatoms. The molecule has 0 aliphatic rings. The fourth-order valence-corrected chi connectivity index (χ4v) is 2.83. The maximum atomic E-state index is 12.8. The average Bonchev–Trinajstić information content (AvgIpc) is 2.68. The highest BCUT2D eigenvalue weighted by molar-refractivity contribution is 5.90. The molecule has 2 N–H and O–H groups in total. The van der Waals surface area contributed by atoms with Crippen molar-refractivity contribution >= 4 is 28.7 Å². The Balaban J connectivity index is 2.17. The van der Waals surface area contributed by atoms with Gasteiger partial charge in [-0.05, 0) is 37.1 Å². The molecule has 0 heterocycles. The van der Waals surface area contributed by atoms with Crippen LogP contribution in [-0.4, -0.2) is 42.8 Å². The van der Waals surface area contributed by atoms with Gasteiger partial charge in [-0.1, -0.05) is 55.1 Å². The number of carbonyl (C=O) groups excluding carboxylic acids is 3. The third-order valence-electron chi connectivity index (χ3n) is 4.08. The number of esters is 1. The van der Waals surface area contributed by atoms with Gasteiger partial charge in [0, 0.05) is 6.42 Å². The predicted molar refractivity (Wildman–Crippen MR) is 115 cm³/mol. The summed E-state index contributed by atoms with van der Waals surface area (Å²) in [6.07, 6.45) is 0.957. The molecule has 0 spiro atoms. The van der Waals surface area contributed by atoms with Gasteiger partial charge in [-0.15, -0.1) is 0 Å². The average molecular weight is 412 g/mol. The Morgan fingerprint density at radius 3 is 2.50 bits per heavy atom. The lowest BCUT2D eigenvalue weighted by atomic mass is 9.98. The first-order valence-corrected chi connectivity index (χ1v) is 9.70. The number of carbonyl (C=O) groups is 3. The molecule has 160 valence electrons. The van der Waals surface area contributed by atoms with Gasteiger partial charge in [-0.2, -0.15) is 0 Å². The minimum absolute atomic E-state index is 0.0598. The van der Waals surface area contributed by atoms with Gasteiger partial charge < -0.3 is 20.1 Å². The molecule has 1 atom stereocenters. The monoisotopic (exact) mass is 412 g/mol. The van der Waals surface area contributed by atoms with E-state index in [0.717, 1.165) is 16.3 Å². The second kappa shape index (κ2) is 10.4. The van der Waals surface area contributed by atoms with Gasteiger partial charge in [-0.25, -0.2) is 4.79 Å². The van der Waals surface area contributed by atoms with Crippen molar-refractivity contribution in [1.29, 1.82) is 0 Å². The Labute approximate surface area is 176 Å². The van der Waals surface area contributed by atoms with E-state index in [0.29, 0.717) is 0 Å². The fraction of sp³-hybridized carbons (Fsp3) is 0.348. The minimum atomic E-state index is -0.933. The molecular weight excluding hydrogens is 384 g/mol. The highest BCUT2D eigenvalue weighted by atomic mass is 16.6. The van der Waals surface area contributed by atoms with Gasteiger partial charge in [0.25, 0.3) is 0 Å². The van der Waals surface area contributed by atoms with Gasteiger partial charge in [-0.3, -0.25) is 9.59 Å². The standard InChI is InChI=1S/C23H28N2O5/c1-5-13-29-20(26)15-24-21(27)19(25-22(28)30-23(2,3)4)14-17-11-8-10-16-9-6-7-12-18(16)17/h5-12,19H,1,13-15H2,2-4H3,(H,24,27)(H,25,28)/t19-/m0/s1. The summed E-state index contributed by atoms with van der Waals surface area (Å²) >= 11 is 0. The topological polar surface area (TPSA) is 93.7 Å². The molecule has 0 unspecified atom stereocenters. The largest absolute Gasteiger partial charge is 0.460 e. The third-order valence-corrected chi connectivity index (χ3v) is 4.08. The fourth-order valence-electron chi connectivity index (χ4n) is 2.83. The zero-order valence-corrected chi connectivity index (χ0v) is 17.6. The van der Waals surface area contributed by atoms with E-state index in [1.165, 1.54) is 6.08 Å². The van der Waals surface area contributed by atoms with Crippen LogP contribution in [0, 0.1) is 0 Å². The van der Waals surface area contributed by atoms with Gasteiger partial charge >= 0.3 is 12.1 Å². The van der Waals surface area contributed by atoms with Crippen LogP contribution in [0.3, 0.4) is 0 Å². The highest BCUT2D eigenvalue weighted by Gasteiger charge is 2.25. The van der Waals surface area contributed by atoms with Crippen LogP contribution in [0.5, 0.6) is 0 Å². The van der Waals surface area contributed by atoms with Crippen molar-refractivity contribution < 1.29 is 23.9 Å². The number of rotatable bonds is 8. The SMILES string of the molecule is C=CCOC(=O)CNC(=O)[C@H](Cc1cccc2ccccc12)NC(=O)OC(C)(C)C. The lowest BCUT2D eigenvalue weighted by Crippen LogP contribution is -2.50. The molecule has 0 aromatic heterocycles. The molecular formula is C23H28N2O5. The van der Waals surface area contributed by atoms with E-state index < -0.39 is 29.6 Å².